The van der Waals surface area contributed by atoms with Crippen molar-refractivity contribution < 1.29 is 8.81 Å². The van der Waals surface area contributed by atoms with Crippen LogP contribution < -0.4 is 5.32 Å². The third-order valence-electron chi connectivity index (χ3n) is 3.59. The van der Waals surface area contributed by atoms with Crippen LogP contribution in [0.5, 0.6) is 0 Å². The molecule has 6 heteroatoms. The minimum absolute atomic E-state index is 0. The van der Waals surface area contributed by atoms with Crippen molar-refractivity contribution >= 4 is 28.3 Å². The number of hydrogen-bond acceptors (Lipinski definition) is 3. The smallest absolute Gasteiger partial charge is 0.137 e. The number of nitrogens with one attached hydrogen (secondary N) is 1. The lowest BCUT2D eigenvalue weighted by molar-refractivity contribution is 0.180. The van der Waals surface area contributed by atoms with Crippen LogP contribution in [0, 0.1) is 5.82 Å². The fourth-order valence-corrected chi connectivity index (χ4v) is 2.87. The highest BCUT2D eigenvalue weighted by Gasteiger charge is 2.26. The SMILES string of the molecule is Cl.Fc1cc([C@H](c2ccco2)N2CCNCC2)ccc1Br. The topological polar surface area (TPSA) is 28.4 Å². The first-order chi connectivity index (χ1) is 9.75. The molecule has 2 heterocycles. The monoisotopic (exact) mass is 374 g/mol. The summed E-state index contributed by atoms with van der Waals surface area (Å²) in [6.07, 6.45) is 1.67. The van der Waals surface area contributed by atoms with E-state index in [0.717, 1.165) is 37.5 Å². The maximum absolute atomic E-state index is 13.8. The van der Waals surface area contributed by atoms with Crippen molar-refractivity contribution in [3.63, 3.8) is 0 Å². The molecule has 3 nitrogen and oxygen atoms in total. The first kappa shape index (κ1) is 16.5. The molecule has 0 unspecified atom stereocenters. The Labute approximate surface area is 138 Å². The number of furan rings is 1. The van der Waals surface area contributed by atoms with Crippen LogP contribution in [0.4, 0.5) is 4.39 Å². The Morgan fingerprint density at radius 3 is 2.62 bits per heavy atom. The molecule has 1 aromatic heterocycles. The molecule has 0 aliphatic carbocycles. The summed E-state index contributed by atoms with van der Waals surface area (Å²) in [5, 5.41) is 3.33. The summed E-state index contributed by atoms with van der Waals surface area (Å²) in [7, 11) is 0. The normalized spacial score (nSPS) is 17.2. The number of rotatable bonds is 3. The van der Waals surface area contributed by atoms with Crippen LogP contribution in [0.15, 0.2) is 45.5 Å². The van der Waals surface area contributed by atoms with Gasteiger partial charge in [-0.2, -0.15) is 0 Å². The van der Waals surface area contributed by atoms with E-state index in [1.165, 1.54) is 0 Å². The van der Waals surface area contributed by atoms with E-state index in [0.29, 0.717) is 4.47 Å². The van der Waals surface area contributed by atoms with Gasteiger partial charge in [0.15, 0.2) is 0 Å². The Kier molecular flexibility index (Phi) is 5.81. The zero-order valence-electron chi connectivity index (χ0n) is 11.4. The van der Waals surface area contributed by atoms with Crippen molar-refractivity contribution in [2.45, 2.75) is 6.04 Å². The standard InChI is InChI=1S/C15H16BrFN2O.ClH/c16-12-4-3-11(10-13(12)17)15(14-2-1-9-20-14)19-7-5-18-6-8-19;/h1-4,9-10,15,18H,5-8H2;1H/t15-;/m1./s1. The third kappa shape index (κ3) is 3.66. The lowest BCUT2D eigenvalue weighted by Gasteiger charge is -2.34. The summed E-state index contributed by atoms with van der Waals surface area (Å²) in [6.45, 7) is 3.72. The number of halogens is 3. The van der Waals surface area contributed by atoms with Gasteiger partial charge in [-0.05, 0) is 45.8 Å². The van der Waals surface area contributed by atoms with Gasteiger partial charge in [0, 0.05) is 26.2 Å². The fourth-order valence-electron chi connectivity index (χ4n) is 2.62. The van der Waals surface area contributed by atoms with Crippen molar-refractivity contribution in [1.82, 2.24) is 10.2 Å². The summed E-state index contributed by atoms with van der Waals surface area (Å²) in [5.41, 5.74) is 0.919. The average molecular weight is 376 g/mol. The zero-order valence-corrected chi connectivity index (χ0v) is 13.8. The maximum Gasteiger partial charge on any atom is 0.137 e. The fraction of sp³-hybridized carbons (Fsp3) is 0.333. The van der Waals surface area contributed by atoms with Crippen molar-refractivity contribution in [1.29, 1.82) is 0 Å². The second kappa shape index (κ2) is 7.40. The van der Waals surface area contributed by atoms with Crippen LogP contribution in [0.1, 0.15) is 17.4 Å². The van der Waals surface area contributed by atoms with Crippen molar-refractivity contribution in [2.75, 3.05) is 26.2 Å². The molecule has 1 aliphatic rings. The molecule has 1 aliphatic heterocycles. The van der Waals surface area contributed by atoms with Crippen molar-refractivity contribution in [3.05, 3.63) is 58.2 Å². The third-order valence-corrected chi connectivity index (χ3v) is 4.23. The predicted molar refractivity (Wildman–Crippen MR) is 86.3 cm³/mol. The van der Waals surface area contributed by atoms with Gasteiger partial charge in [-0.1, -0.05) is 6.07 Å². The van der Waals surface area contributed by atoms with E-state index < -0.39 is 0 Å². The highest BCUT2D eigenvalue weighted by atomic mass is 79.9. The highest BCUT2D eigenvalue weighted by Crippen LogP contribution is 2.31. The Balaban J connectivity index is 0.00000161. The quantitative estimate of drug-likeness (QED) is 0.888. The van der Waals surface area contributed by atoms with E-state index in [2.05, 4.69) is 26.1 Å². The Hall–Kier alpha value is -0.880. The van der Waals surface area contributed by atoms with Gasteiger partial charge in [0.1, 0.15) is 11.6 Å². The van der Waals surface area contributed by atoms with E-state index in [1.807, 2.05) is 18.2 Å². The molecular weight excluding hydrogens is 359 g/mol. The van der Waals surface area contributed by atoms with E-state index in [-0.39, 0.29) is 24.3 Å². The number of benzene rings is 1. The van der Waals surface area contributed by atoms with Gasteiger partial charge in [0.05, 0.1) is 16.8 Å². The molecule has 3 rings (SSSR count). The van der Waals surface area contributed by atoms with Gasteiger partial charge in [0.2, 0.25) is 0 Å². The molecule has 0 saturated carbocycles. The van der Waals surface area contributed by atoms with Gasteiger partial charge in [-0.15, -0.1) is 12.4 Å². The van der Waals surface area contributed by atoms with E-state index in [9.17, 15) is 4.39 Å². The van der Waals surface area contributed by atoms with E-state index in [4.69, 9.17) is 4.42 Å². The van der Waals surface area contributed by atoms with Crippen LogP contribution in [0.25, 0.3) is 0 Å². The summed E-state index contributed by atoms with van der Waals surface area (Å²) >= 11 is 3.20. The zero-order chi connectivity index (χ0) is 13.9. The summed E-state index contributed by atoms with van der Waals surface area (Å²) in [6, 6.07) is 9.08. The van der Waals surface area contributed by atoms with Crippen LogP contribution in [0.2, 0.25) is 0 Å². The van der Waals surface area contributed by atoms with Gasteiger partial charge in [0.25, 0.3) is 0 Å². The summed E-state index contributed by atoms with van der Waals surface area (Å²) in [5.74, 6) is 0.614. The highest BCUT2D eigenvalue weighted by molar-refractivity contribution is 9.10. The molecule has 1 fully saturated rings. The Morgan fingerprint density at radius 1 is 1.24 bits per heavy atom. The molecular formula is C15H17BrClFN2O. The second-order valence-electron chi connectivity index (χ2n) is 4.88. The Bertz CT molecular complexity index is 573. The molecule has 1 atom stereocenters. The largest absolute Gasteiger partial charge is 0.467 e. The van der Waals surface area contributed by atoms with Crippen LogP contribution >= 0.6 is 28.3 Å². The van der Waals surface area contributed by atoms with Gasteiger partial charge < -0.3 is 9.73 Å². The van der Waals surface area contributed by atoms with Crippen molar-refractivity contribution in [2.24, 2.45) is 0 Å². The average Bonchev–Trinajstić information content (AvgIpc) is 2.98. The van der Waals surface area contributed by atoms with Gasteiger partial charge >= 0.3 is 0 Å². The molecule has 1 saturated heterocycles. The Morgan fingerprint density at radius 2 is 2.00 bits per heavy atom. The summed E-state index contributed by atoms with van der Waals surface area (Å²) < 4.78 is 19.9. The number of piperazine rings is 1. The summed E-state index contributed by atoms with van der Waals surface area (Å²) in [4.78, 5) is 2.32. The van der Waals surface area contributed by atoms with Crippen LogP contribution in [-0.2, 0) is 0 Å². The van der Waals surface area contributed by atoms with E-state index in [1.54, 1.807) is 18.4 Å². The molecule has 0 amide bonds. The molecule has 0 radical (unpaired) electrons. The molecule has 0 spiro atoms. The van der Waals surface area contributed by atoms with Gasteiger partial charge in [-0.25, -0.2) is 4.39 Å². The van der Waals surface area contributed by atoms with Gasteiger partial charge in [-0.3, -0.25) is 4.90 Å². The molecule has 1 aromatic carbocycles. The van der Waals surface area contributed by atoms with Crippen molar-refractivity contribution in [3.8, 4) is 0 Å². The number of hydrogen-bond donors (Lipinski definition) is 1. The number of nitrogens with zero attached hydrogens (tertiary/aromatic N) is 1. The molecule has 1 N–H and O–H groups in total. The first-order valence-corrected chi connectivity index (χ1v) is 7.48. The molecule has 0 bridgehead atoms. The first-order valence-electron chi connectivity index (χ1n) is 6.69. The van der Waals surface area contributed by atoms with Crippen LogP contribution in [-0.4, -0.2) is 31.1 Å². The minimum atomic E-state index is -0.241. The lowest BCUT2D eigenvalue weighted by atomic mass is 10.0. The maximum atomic E-state index is 13.8. The van der Waals surface area contributed by atoms with E-state index >= 15 is 0 Å². The molecule has 114 valence electrons. The predicted octanol–water partition coefficient (Wildman–Crippen LogP) is 3.60. The minimum Gasteiger partial charge on any atom is -0.467 e. The van der Waals surface area contributed by atoms with Crippen LogP contribution in [0.3, 0.4) is 0 Å². The molecule has 21 heavy (non-hydrogen) atoms. The second-order valence-corrected chi connectivity index (χ2v) is 5.73. The lowest BCUT2D eigenvalue weighted by Crippen LogP contribution is -2.45. The molecule has 2 aromatic rings.